The third-order valence-electron chi connectivity index (χ3n) is 6.11. The number of likely N-dealkylation sites (tertiary alicyclic amines) is 1. The number of aryl methyl sites for hydroxylation is 1. The monoisotopic (exact) mass is 461 g/mol. The first-order chi connectivity index (χ1) is 16.6. The highest BCUT2D eigenvalue weighted by Crippen LogP contribution is 2.33. The molecule has 1 aliphatic rings. The van der Waals surface area contributed by atoms with Crippen molar-refractivity contribution < 1.29 is 18.5 Å². The number of hydrogen-bond acceptors (Lipinski definition) is 7. The molecule has 9 nitrogen and oxygen atoms in total. The first-order valence-electron chi connectivity index (χ1n) is 11.5. The number of oxazole rings is 1. The Morgan fingerprint density at radius 3 is 2.97 bits per heavy atom. The third-order valence-corrected chi connectivity index (χ3v) is 6.11. The van der Waals surface area contributed by atoms with Crippen LogP contribution in [-0.4, -0.2) is 44.4 Å². The normalized spacial score (nSPS) is 16.1. The Bertz CT molecular complexity index is 1270. The summed E-state index contributed by atoms with van der Waals surface area (Å²) in [4.78, 5) is 19.6. The fourth-order valence-corrected chi connectivity index (χ4v) is 4.30. The number of hydrogen-bond donors (Lipinski definition) is 0. The zero-order chi connectivity index (χ0) is 23.5. The summed E-state index contributed by atoms with van der Waals surface area (Å²) in [6, 6.07) is 9.29. The summed E-state index contributed by atoms with van der Waals surface area (Å²) in [5, 5.41) is 8.35. The number of carbonyl (C=O) groups is 1. The molecule has 34 heavy (non-hydrogen) atoms. The van der Waals surface area contributed by atoms with Crippen LogP contribution in [0.25, 0.3) is 11.3 Å². The Morgan fingerprint density at radius 1 is 1.24 bits per heavy atom. The number of piperidine rings is 1. The van der Waals surface area contributed by atoms with Gasteiger partial charge in [-0.1, -0.05) is 17.3 Å². The highest BCUT2D eigenvalue weighted by Gasteiger charge is 2.34. The maximum Gasteiger partial charge on any atom is 0.293 e. The van der Waals surface area contributed by atoms with Crippen molar-refractivity contribution in [3.05, 3.63) is 71.9 Å². The lowest BCUT2D eigenvalue weighted by Gasteiger charge is -2.32. The van der Waals surface area contributed by atoms with Gasteiger partial charge in [0.1, 0.15) is 23.2 Å². The van der Waals surface area contributed by atoms with E-state index in [-0.39, 0.29) is 17.7 Å². The van der Waals surface area contributed by atoms with Crippen LogP contribution in [0.2, 0.25) is 0 Å². The molecule has 0 bridgehead atoms. The topological polar surface area (TPSA) is 99.4 Å². The number of methoxy groups -OCH3 is 1. The van der Waals surface area contributed by atoms with Crippen LogP contribution in [0.1, 0.15) is 60.0 Å². The van der Waals surface area contributed by atoms with Gasteiger partial charge >= 0.3 is 0 Å². The van der Waals surface area contributed by atoms with Crippen molar-refractivity contribution in [2.24, 2.45) is 0 Å². The van der Waals surface area contributed by atoms with Crippen molar-refractivity contribution in [1.29, 1.82) is 0 Å². The van der Waals surface area contributed by atoms with E-state index in [0.29, 0.717) is 24.6 Å². The van der Waals surface area contributed by atoms with Gasteiger partial charge in [0.2, 0.25) is 11.7 Å². The Hall–Kier alpha value is -3.88. The van der Waals surface area contributed by atoms with Gasteiger partial charge in [-0.3, -0.25) is 9.48 Å². The first kappa shape index (κ1) is 21.9. The molecular weight excluding hydrogens is 434 g/mol. The minimum atomic E-state index is -0.239. The van der Waals surface area contributed by atoms with Gasteiger partial charge in [0.15, 0.2) is 0 Å². The molecule has 4 aromatic rings. The van der Waals surface area contributed by atoms with Crippen molar-refractivity contribution in [2.45, 2.75) is 45.2 Å². The number of amides is 1. The first-order valence-corrected chi connectivity index (χ1v) is 11.5. The van der Waals surface area contributed by atoms with E-state index >= 15 is 0 Å². The van der Waals surface area contributed by atoms with Crippen molar-refractivity contribution in [1.82, 2.24) is 24.8 Å². The largest absolute Gasteiger partial charge is 0.497 e. The van der Waals surface area contributed by atoms with Gasteiger partial charge in [-0.2, -0.15) is 5.10 Å². The zero-order valence-corrected chi connectivity index (χ0v) is 19.3. The molecule has 0 N–H and O–H groups in total. The third kappa shape index (κ3) is 4.46. The molecular formula is C25H27N5O4. The number of ether oxygens (including phenoxy) is 1. The van der Waals surface area contributed by atoms with Crippen LogP contribution in [0, 0.1) is 0 Å². The van der Waals surface area contributed by atoms with Crippen molar-refractivity contribution in [3.63, 3.8) is 0 Å². The molecule has 0 spiro atoms. The van der Waals surface area contributed by atoms with Crippen molar-refractivity contribution >= 4 is 5.91 Å². The molecule has 0 unspecified atom stereocenters. The summed E-state index contributed by atoms with van der Waals surface area (Å²) >= 11 is 0. The molecule has 1 aromatic carbocycles. The van der Waals surface area contributed by atoms with Crippen molar-refractivity contribution in [2.75, 3.05) is 13.7 Å². The second-order valence-electron chi connectivity index (χ2n) is 8.36. The molecule has 5 rings (SSSR count). The molecule has 1 atom stereocenters. The summed E-state index contributed by atoms with van der Waals surface area (Å²) in [5.41, 5.74) is 2.47. The van der Waals surface area contributed by atoms with E-state index < -0.39 is 0 Å². The second-order valence-corrected chi connectivity index (χ2v) is 8.36. The molecule has 3 aromatic heterocycles. The van der Waals surface area contributed by atoms with Gasteiger partial charge in [-0.05, 0) is 43.9 Å². The van der Waals surface area contributed by atoms with Gasteiger partial charge in [0.25, 0.3) is 5.91 Å². The quantitative estimate of drug-likeness (QED) is 0.399. The van der Waals surface area contributed by atoms with E-state index in [1.807, 2.05) is 37.4 Å². The molecule has 1 amide bonds. The Labute approximate surface area is 197 Å². The molecule has 9 heteroatoms. The molecule has 176 valence electrons. The number of aromatic nitrogens is 4. The van der Waals surface area contributed by atoms with Crippen LogP contribution in [0.15, 0.2) is 57.9 Å². The fraction of sp³-hybridized carbons (Fsp3) is 0.360. The smallest absolute Gasteiger partial charge is 0.293 e. The molecule has 4 heterocycles. The van der Waals surface area contributed by atoms with E-state index in [1.165, 1.54) is 0 Å². The molecule has 0 radical (unpaired) electrons. The summed E-state index contributed by atoms with van der Waals surface area (Å²) < 4.78 is 18.6. The standard InChI is InChI=1S/C25H27N5O4/c1-3-29-16-18(14-27-29)21-13-23(34-28-21)25(31)30-10-5-4-9-22(30)24-26-15-20(33-24)12-17-7-6-8-19(11-17)32-2/h6-8,11,13-16,22H,3-5,9-10,12H2,1-2H3/t22-/m0/s1. The van der Waals surface area contributed by atoms with E-state index in [2.05, 4.69) is 15.2 Å². The van der Waals surface area contributed by atoms with Gasteiger partial charge in [0.05, 0.1) is 19.5 Å². The van der Waals surface area contributed by atoms with Crippen LogP contribution < -0.4 is 4.74 Å². The Morgan fingerprint density at radius 2 is 2.15 bits per heavy atom. The van der Waals surface area contributed by atoms with Crippen LogP contribution in [-0.2, 0) is 13.0 Å². The van der Waals surface area contributed by atoms with Crippen LogP contribution in [0.4, 0.5) is 0 Å². The number of nitrogens with zero attached hydrogens (tertiary/aromatic N) is 5. The minimum absolute atomic E-state index is 0.203. The zero-order valence-electron chi connectivity index (χ0n) is 19.3. The summed E-state index contributed by atoms with van der Waals surface area (Å²) in [6.45, 7) is 3.38. The average Bonchev–Trinajstić information content (AvgIpc) is 3.64. The molecule has 0 saturated carbocycles. The highest BCUT2D eigenvalue weighted by molar-refractivity contribution is 5.92. The summed E-state index contributed by atoms with van der Waals surface area (Å²) in [5.74, 6) is 2.09. The Balaban J connectivity index is 1.33. The number of carbonyl (C=O) groups excluding carboxylic acids is 1. The summed E-state index contributed by atoms with van der Waals surface area (Å²) in [6.07, 6.45) is 8.65. The lowest BCUT2D eigenvalue weighted by Crippen LogP contribution is -2.38. The summed E-state index contributed by atoms with van der Waals surface area (Å²) in [7, 11) is 1.65. The second kappa shape index (κ2) is 9.54. The lowest BCUT2D eigenvalue weighted by molar-refractivity contribution is 0.0528. The van der Waals surface area contributed by atoms with Crippen LogP contribution >= 0.6 is 0 Å². The minimum Gasteiger partial charge on any atom is -0.497 e. The molecule has 1 fully saturated rings. The van der Waals surface area contributed by atoms with Gasteiger partial charge in [0, 0.05) is 37.3 Å². The van der Waals surface area contributed by atoms with Crippen LogP contribution in [0.3, 0.4) is 0 Å². The van der Waals surface area contributed by atoms with E-state index in [1.54, 1.807) is 35.2 Å². The van der Waals surface area contributed by atoms with E-state index in [0.717, 1.165) is 48.4 Å². The van der Waals surface area contributed by atoms with E-state index in [4.69, 9.17) is 13.7 Å². The number of benzene rings is 1. The van der Waals surface area contributed by atoms with E-state index in [9.17, 15) is 4.79 Å². The maximum atomic E-state index is 13.3. The lowest BCUT2D eigenvalue weighted by atomic mass is 10.0. The SMILES string of the molecule is CCn1cc(-c2cc(C(=O)N3CCCC[C@H]3c3ncc(Cc4cccc(OC)c4)o3)on2)cn1. The van der Waals surface area contributed by atoms with Gasteiger partial charge in [-0.15, -0.1) is 0 Å². The Kier molecular flexibility index (Phi) is 6.16. The number of rotatable bonds is 7. The average molecular weight is 462 g/mol. The molecule has 1 saturated heterocycles. The predicted octanol–water partition coefficient (Wildman–Crippen LogP) is 4.51. The molecule has 0 aliphatic carbocycles. The predicted molar refractivity (Wildman–Crippen MR) is 123 cm³/mol. The van der Waals surface area contributed by atoms with Gasteiger partial charge < -0.3 is 18.6 Å². The van der Waals surface area contributed by atoms with Crippen LogP contribution in [0.5, 0.6) is 5.75 Å². The highest BCUT2D eigenvalue weighted by atomic mass is 16.5. The fourth-order valence-electron chi connectivity index (χ4n) is 4.30. The maximum absolute atomic E-state index is 13.3. The van der Waals surface area contributed by atoms with Crippen molar-refractivity contribution in [3.8, 4) is 17.0 Å². The van der Waals surface area contributed by atoms with Gasteiger partial charge in [-0.25, -0.2) is 4.98 Å². The molecule has 1 aliphatic heterocycles.